The molecule has 114 valence electrons. The summed E-state index contributed by atoms with van der Waals surface area (Å²) in [7, 11) is 0. The van der Waals surface area contributed by atoms with E-state index in [1.165, 1.54) is 25.3 Å². The largest absolute Gasteiger partial charge is 0.493 e. The van der Waals surface area contributed by atoms with E-state index in [2.05, 4.69) is 0 Å². The summed E-state index contributed by atoms with van der Waals surface area (Å²) < 4.78 is 32.8. The van der Waals surface area contributed by atoms with Gasteiger partial charge in [-0.15, -0.1) is 0 Å². The minimum atomic E-state index is -1.34. The van der Waals surface area contributed by atoms with Gasteiger partial charge in [-0.25, -0.2) is 8.78 Å². The number of benzene rings is 1. The number of aliphatic hydroxyl groups is 1. The topological polar surface area (TPSA) is 53.2 Å². The number of nitriles is 1. The van der Waals surface area contributed by atoms with Crippen LogP contribution < -0.4 is 4.74 Å². The number of hydrogen-bond acceptors (Lipinski definition) is 3. The molecule has 1 aromatic carbocycles. The summed E-state index contributed by atoms with van der Waals surface area (Å²) in [4.78, 5) is 0. The molecule has 1 aromatic rings. The molecule has 0 heterocycles. The molecule has 1 saturated carbocycles. The Kier molecular flexibility index (Phi) is 5.51. The van der Waals surface area contributed by atoms with E-state index in [4.69, 9.17) is 10.00 Å². The van der Waals surface area contributed by atoms with E-state index in [9.17, 15) is 13.9 Å². The highest BCUT2D eigenvalue weighted by Crippen LogP contribution is 2.29. The van der Waals surface area contributed by atoms with Crippen LogP contribution in [0.4, 0.5) is 8.78 Å². The SMILES string of the molecule is N#CCC(O)c1cc(OCC2CCCCC2)cc(F)c1F. The first-order valence-corrected chi connectivity index (χ1v) is 7.28. The number of rotatable bonds is 5. The van der Waals surface area contributed by atoms with E-state index in [0.29, 0.717) is 12.5 Å². The van der Waals surface area contributed by atoms with Gasteiger partial charge in [-0.3, -0.25) is 0 Å². The van der Waals surface area contributed by atoms with Gasteiger partial charge in [0.2, 0.25) is 0 Å². The van der Waals surface area contributed by atoms with Crippen LogP contribution in [0.2, 0.25) is 0 Å². The first-order valence-electron chi connectivity index (χ1n) is 7.28. The van der Waals surface area contributed by atoms with Gasteiger partial charge in [0.1, 0.15) is 5.75 Å². The predicted molar refractivity (Wildman–Crippen MR) is 73.6 cm³/mol. The minimum absolute atomic E-state index is 0.200. The van der Waals surface area contributed by atoms with Crippen molar-refractivity contribution in [1.82, 2.24) is 0 Å². The Morgan fingerprint density at radius 3 is 2.67 bits per heavy atom. The molecule has 1 aliphatic rings. The third-order valence-corrected chi connectivity index (χ3v) is 3.88. The lowest BCUT2D eigenvalue weighted by molar-refractivity contribution is 0.174. The van der Waals surface area contributed by atoms with E-state index in [-0.39, 0.29) is 17.7 Å². The maximum Gasteiger partial charge on any atom is 0.164 e. The van der Waals surface area contributed by atoms with Crippen molar-refractivity contribution in [1.29, 1.82) is 5.26 Å². The second-order valence-corrected chi connectivity index (χ2v) is 5.50. The summed E-state index contributed by atoms with van der Waals surface area (Å²) in [6, 6.07) is 4.00. The van der Waals surface area contributed by atoms with E-state index in [0.717, 1.165) is 18.9 Å². The van der Waals surface area contributed by atoms with Crippen molar-refractivity contribution in [3.8, 4) is 11.8 Å². The summed E-state index contributed by atoms with van der Waals surface area (Å²) in [6.45, 7) is 0.471. The number of halogens is 2. The van der Waals surface area contributed by atoms with Crippen molar-refractivity contribution in [3.05, 3.63) is 29.3 Å². The molecule has 0 bridgehead atoms. The van der Waals surface area contributed by atoms with E-state index in [1.54, 1.807) is 6.07 Å². The number of hydrogen-bond donors (Lipinski definition) is 1. The van der Waals surface area contributed by atoms with Gasteiger partial charge in [0.15, 0.2) is 11.6 Å². The zero-order chi connectivity index (χ0) is 15.2. The fourth-order valence-electron chi connectivity index (χ4n) is 2.67. The molecular weight excluding hydrogens is 276 g/mol. The first kappa shape index (κ1) is 15.7. The Morgan fingerprint density at radius 1 is 1.29 bits per heavy atom. The lowest BCUT2D eigenvalue weighted by Crippen LogP contribution is -2.15. The molecule has 1 aliphatic carbocycles. The Labute approximate surface area is 123 Å². The highest BCUT2D eigenvalue weighted by molar-refractivity contribution is 5.32. The molecule has 0 spiro atoms. The standard InChI is InChI=1S/C16H19F2NO2/c17-14-9-12(21-10-11-4-2-1-3-5-11)8-13(16(14)18)15(20)6-7-19/h8-9,11,15,20H,1-6,10H2. The van der Waals surface area contributed by atoms with E-state index in [1.807, 2.05) is 0 Å². The quantitative estimate of drug-likeness (QED) is 0.897. The van der Waals surface area contributed by atoms with Gasteiger partial charge in [0, 0.05) is 11.6 Å². The molecule has 1 atom stereocenters. The smallest absolute Gasteiger partial charge is 0.164 e. The fourth-order valence-corrected chi connectivity index (χ4v) is 2.67. The predicted octanol–water partition coefficient (Wildman–Crippen LogP) is 3.87. The normalized spacial score (nSPS) is 17.2. The van der Waals surface area contributed by atoms with Crippen LogP contribution in [0.25, 0.3) is 0 Å². The average molecular weight is 295 g/mol. The van der Waals surface area contributed by atoms with Crippen LogP contribution in [-0.4, -0.2) is 11.7 Å². The Balaban J connectivity index is 2.07. The summed E-state index contributed by atoms with van der Waals surface area (Å²) in [5, 5.41) is 18.2. The van der Waals surface area contributed by atoms with Gasteiger partial charge in [-0.2, -0.15) is 5.26 Å². The molecule has 0 amide bonds. The zero-order valence-electron chi connectivity index (χ0n) is 11.8. The van der Waals surface area contributed by atoms with Gasteiger partial charge in [-0.05, 0) is 24.8 Å². The third kappa shape index (κ3) is 4.15. The van der Waals surface area contributed by atoms with Crippen LogP contribution in [-0.2, 0) is 0 Å². The molecule has 0 radical (unpaired) electrons. The van der Waals surface area contributed by atoms with Crippen molar-refractivity contribution in [3.63, 3.8) is 0 Å². The first-order chi connectivity index (χ1) is 10.1. The van der Waals surface area contributed by atoms with Crippen LogP contribution in [0.5, 0.6) is 5.75 Å². The van der Waals surface area contributed by atoms with E-state index < -0.39 is 17.7 Å². The number of nitrogens with zero attached hydrogens (tertiary/aromatic N) is 1. The van der Waals surface area contributed by atoms with Gasteiger partial charge in [-0.1, -0.05) is 19.3 Å². The Hall–Kier alpha value is -1.67. The molecule has 0 aromatic heterocycles. The molecule has 21 heavy (non-hydrogen) atoms. The van der Waals surface area contributed by atoms with Crippen LogP contribution in [0, 0.1) is 28.9 Å². The zero-order valence-corrected chi connectivity index (χ0v) is 11.8. The van der Waals surface area contributed by atoms with E-state index >= 15 is 0 Å². The molecule has 1 N–H and O–H groups in total. The highest BCUT2D eigenvalue weighted by Gasteiger charge is 2.19. The monoisotopic (exact) mass is 295 g/mol. The molecule has 0 saturated heterocycles. The maximum atomic E-state index is 13.7. The second kappa shape index (κ2) is 7.37. The van der Waals surface area contributed by atoms with Gasteiger partial charge in [0.25, 0.3) is 0 Å². The lowest BCUT2D eigenvalue weighted by atomic mass is 9.90. The van der Waals surface area contributed by atoms with Crippen molar-refractivity contribution in [2.24, 2.45) is 5.92 Å². The summed E-state index contributed by atoms with van der Waals surface area (Å²) in [5.41, 5.74) is -0.227. The summed E-state index contributed by atoms with van der Waals surface area (Å²) in [6.07, 6.45) is 4.15. The molecule has 0 aliphatic heterocycles. The molecular formula is C16H19F2NO2. The molecule has 1 unspecified atom stereocenters. The minimum Gasteiger partial charge on any atom is -0.493 e. The van der Waals surface area contributed by atoms with Crippen molar-refractivity contribution in [2.75, 3.05) is 6.61 Å². The Morgan fingerprint density at radius 2 is 2.00 bits per heavy atom. The van der Waals surface area contributed by atoms with Crippen LogP contribution >= 0.6 is 0 Å². The summed E-state index contributed by atoms with van der Waals surface area (Å²) in [5.74, 6) is -1.54. The molecule has 2 rings (SSSR count). The average Bonchev–Trinajstić information content (AvgIpc) is 2.49. The van der Waals surface area contributed by atoms with Crippen molar-refractivity contribution in [2.45, 2.75) is 44.6 Å². The van der Waals surface area contributed by atoms with Crippen LogP contribution in [0.15, 0.2) is 12.1 Å². The Bertz CT molecular complexity index is 522. The molecule has 1 fully saturated rings. The molecule has 5 heteroatoms. The number of ether oxygens (including phenoxy) is 1. The van der Waals surface area contributed by atoms with Gasteiger partial charge in [0.05, 0.1) is 25.2 Å². The maximum absolute atomic E-state index is 13.7. The molecule has 3 nitrogen and oxygen atoms in total. The fraction of sp³-hybridized carbons (Fsp3) is 0.562. The summed E-state index contributed by atoms with van der Waals surface area (Å²) >= 11 is 0. The highest BCUT2D eigenvalue weighted by atomic mass is 19.2. The van der Waals surface area contributed by atoms with Crippen LogP contribution in [0.3, 0.4) is 0 Å². The van der Waals surface area contributed by atoms with Crippen molar-refractivity contribution >= 4 is 0 Å². The third-order valence-electron chi connectivity index (χ3n) is 3.88. The van der Waals surface area contributed by atoms with Crippen LogP contribution in [0.1, 0.15) is 50.2 Å². The lowest BCUT2D eigenvalue weighted by Gasteiger charge is -2.22. The number of aliphatic hydroxyl groups excluding tert-OH is 1. The van der Waals surface area contributed by atoms with Gasteiger partial charge < -0.3 is 9.84 Å². The van der Waals surface area contributed by atoms with Gasteiger partial charge >= 0.3 is 0 Å². The second-order valence-electron chi connectivity index (χ2n) is 5.50. The van der Waals surface area contributed by atoms with Crippen molar-refractivity contribution < 1.29 is 18.6 Å².